The van der Waals surface area contributed by atoms with Gasteiger partial charge in [-0.2, -0.15) is 0 Å². The minimum atomic E-state index is -0.691. The summed E-state index contributed by atoms with van der Waals surface area (Å²) in [5.74, 6) is 0. The lowest BCUT2D eigenvalue weighted by molar-refractivity contribution is -0.172. The van der Waals surface area contributed by atoms with E-state index < -0.39 is 5.60 Å². The van der Waals surface area contributed by atoms with E-state index in [1.807, 2.05) is 13.8 Å². The van der Waals surface area contributed by atoms with Crippen molar-refractivity contribution in [2.24, 2.45) is 0 Å². The molecule has 3 nitrogen and oxygen atoms in total. The van der Waals surface area contributed by atoms with Gasteiger partial charge in [-0.05, 0) is 13.8 Å². The highest BCUT2D eigenvalue weighted by Crippen LogP contribution is 2.21. The fourth-order valence-corrected chi connectivity index (χ4v) is 1.20. The van der Waals surface area contributed by atoms with Crippen LogP contribution in [0.25, 0.3) is 0 Å². The summed E-state index contributed by atoms with van der Waals surface area (Å²) in [6, 6.07) is 0. The Kier molecular flexibility index (Phi) is 6.45. The maximum absolute atomic E-state index is 8.89. The third-order valence-corrected chi connectivity index (χ3v) is 1.98. The van der Waals surface area contributed by atoms with Gasteiger partial charge in [-0.1, -0.05) is 25.3 Å². The Balaban J connectivity index is 4.33. The summed E-state index contributed by atoms with van der Waals surface area (Å²) in [4.78, 5) is 0. The molecule has 0 aliphatic heterocycles. The number of aliphatic hydroxyl groups excluding tert-OH is 1. The molecule has 0 heterocycles. The lowest BCUT2D eigenvalue weighted by Gasteiger charge is -2.29. The topological polar surface area (TPSA) is 38.7 Å². The maximum Gasteiger partial charge on any atom is 0.156 e. The van der Waals surface area contributed by atoms with Gasteiger partial charge in [0.05, 0.1) is 0 Å². The fourth-order valence-electron chi connectivity index (χ4n) is 1.20. The SMILES string of the molecule is C=CC(C=C)(CCO)OC(C)OCC. The van der Waals surface area contributed by atoms with Gasteiger partial charge < -0.3 is 14.6 Å². The molecule has 0 saturated heterocycles. The molecule has 0 aromatic carbocycles. The average Bonchev–Trinajstić information content (AvgIpc) is 2.17. The van der Waals surface area contributed by atoms with E-state index >= 15 is 0 Å². The van der Waals surface area contributed by atoms with Crippen molar-refractivity contribution in [3.05, 3.63) is 25.3 Å². The Hall–Kier alpha value is -0.640. The van der Waals surface area contributed by atoms with Crippen molar-refractivity contribution >= 4 is 0 Å². The zero-order valence-corrected chi connectivity index (χ0v) is 9.03. The largest absolute Gasteiger partial charge is 0.396 e. The first-order valence-electron chi connectivity index (χ1n) is 4.81. The minimum Gasteiger partial charge on any atom is -0.396 e. The van der Waals surface area contributed by atoms with E-state index in [4.69, 9.17) is 14.6 Å². The van der Waals surface area contributed by atoms with Crippen molar-refractivity contribution in [2.45, 2.75) is 32.2 Å². The van der Waals surface area contributed by atoms with Crippen molar-refractivity contribution in [2.75, 3.05) is 13.2 Å². The molecule has 3 heteroatoms. The zero-order valence-electron chi connectivity index (χ0n) is 9.03. The average molecular weight is 200 g/mol. The van der Waals surface area contributed by atoms with Gasteiger partial charge in [0.15, 0.2) is 6.29 Å². The Labute approximate surface area is 86.0 Å². The molecule has 0 aliphatic carbocycles. The summed E-state index contributed by atoms with van der Waals surface area (Å²) in [5, 5.41) is 8.89. The molecule has 0 fully saturated rings. The van der Waals surface area contributed by atoms with E-state index in [0.717, 1.165) is 0 Å². The van der Waals surface area contributed by atoms with Crippen molar-refractivity contribution in [1.29, 1.82) is 0 Å². The van der Waals surface area contributed by atoms with Crippen LogP contribution in [0.15, 0.2) is 25.3 Å². The molecular weight excluding hydrogens is 180 g/mol. The Bertz CT molecular complexity index is 169. The Morgan fingerprint density at radius 3 is 2.36 bits per heavy atom. The van der Waals surface area contributed by atoms with Crippen LogP contribution in [-0.2, 0) is 9.47 Å². The summed E-state index contributed by atoms with van der Waals surface area (Å²) in [6.07, 6.45) is 3.37. The van der Waals surface area contributed by atoms with Crippen LogP contribution in [0.3, 0.4) is 0 Å². The molecule has 0 bridgehead atoms. The lowest BCUT2D eigenvalue weighted by Crippen LogP contribution is -2.33. The molecule has 0 radical (unpaired) electrons. The number of hydrogen-bond donors (Lipinski definition) is 1. The number of hydrogen-bond acceptors (Lipinski definition) is 3. The second-order valence-electron chi connectivity index (χ2n) is 2.98. The third-order valence-electron chi connectivity index (χ3n) is 1.98. The molecule has 0 aliphatic rings. The molecule has 14 heavy (non-hydrogen) atoms. The molecule has 1 unspecified atom stereocenters. The van der Waals surface area contributed by atoms with E-state index in [9.17, 15) is 0 Å². The normalized spacial score (nSPS) is 13.6. The summed E-state index contributed by atoms with van der Waals surface area (Å²) in [5.41, 5.74) is -0.691. The highest BCUT2D eigenvalue weighted by atomic mass is 16.7. The molecule has 82 valence electrons. The summed E-state index contributed by atoms with van der Waals surface area (Å²) in [6.45, 7) is 11.7. The number of ether oxygens (including phenoxy) is 2. The van der Waals surface area contributed by atoms with Crippen molar-refractivity contribution in [1.82, 2.24) is 0 Å². The van der Waals surface area contributed by atoms with E-state index in [2.05, 4.69) is 13.2 Å². The Morgan fingerprint density at radius 2 is 2.00 bits per heavy atom. The van der Waals surface area contributed by atoms with E-state index in [1.54, 1.807) is 12.2 Å². The molecular formula is C11H20O3. The molecule has 0 rings (SSSR count). The van der Waals surface area contributed by atoms with Crippen LogP contribution in [0.5, 0.6) is 0 Å². The molecule has 0 aromatic heterocycles. The minimum absolute atomic E-state index is 0.0247. The highest BCUT2D eigenvalue weighted by Gasteiger charge is 2.25. The van der Waals surface area contributed by atoms with Crippen LogP contribution in [0.1, 0.15) is 20.3 Å². The molecule has 0 amide bonds. The first-order valence-corrected chi connectivity index (χ1v) is 4.81. The van der Waals surface area contributed by atoms with Gasteiger partial charge in [-0.3, -0.25) is 0 Å². The van der Waals surface area contributed by atoms with Crippen LogP contribution in [-0.4, -0.2) is 30.2 Å². The second-order valence-corrected chi connectivity index (χ2v) is 2.98. The van der Waals surface area contributed by atoms with Crippen LogP contribution in [0.2, 0.25) is 0 Å². The predicted molar refractivity (Wildman–Crippen MR) is 57.0 cm³/mol. The summed E-state index contributed by atoms with van der Waals surface area (Å²) >= 11 is 0. The maximum atomic E-state index is 8.89. The van der Waals surface area contributed by atoms with Crippen LogP contribution >= 0.6 is 0 Å². The smallest absolute Gasteiger partial charge is 0.156 e. The van der Waals surface area contributed by atoms with Gasteiger partial charge in [0.25, 0.3) is 0 Å². The van der Waals surface area contributed by atoms with Crippen molar-refractivity contribution in [3.63, 3.8) is 0 Å². The van der Waals surface area contributed by atoms with Gasteiger partial charge in [0, 0.05) is 19.6 Å². The quantitative estimate of drug-likeness (QED) is 0.480. The second kappa shape index (κ2) is 6.76. The number of rotatable bonds is 8. The Morgan fingerprint density at radius 1 is 1.43 bits per heavy atom. The van der Waals surface area contributed by atoms with E-state index in [-0.39, 0.29) is 12.9 Å². The standard InChI is InChI=1S/C11H20O3/c1-5-11(6-2,8-9-12)14-10(4)13-7-3/h5-6,10,12H,1-2,7-9H2,3-4H3. The van der Waals surface area contributed by atoms with Gasteiger partial charge in [-0.25, -0.2) is 0 Å². The zero-order chi connectivity index (χ0) is 11.0. The van der Waals surface area contributed by atoms with Gasteiger partial charge >= 0.3 is 0 Å². The van der Waals surface area contributed by atoms with E-state index in [1.165, 1.54) is 0 Å². The lowest BCUT2D eigenvalue weighted by atomic mass is 10.0. The molecule has 0 aromatic rings. The molecule has 1 atom stereocenters. The molecule has 1 N–H and O–H groups in total. The third kappa shape index (κ3) is 4.05. The van der Waals surface area contributed by atoms with Crippen LogP contribution in [0.4, 0.5) is 0 Å². The first-order chi connectivity index (χ1) is 6.64. The first kappa shape index (κ1) is 13.4. The predicted octanol–water partition coefficient (Wildman–Crippen LogP) is 1.88. The van der Waals surface area contributed by atoms with Gasteiger partial charge in [-0.15, -0.1) is 0 Å². The number of aliphatic hydroxyl groups is 1. The fraction of sp³-hybridized carbons (Fsp3) is 0.636. The summed E-state index contributed by atoms with van der Waals surface area (Å²) in [7, 11) is 0. The van der Waals surface area contributed by atoms with Crippen LogP contribution in [0, 0.1) is 0 Å². The van der Waals surface area contributed by atoms with Crippen molar-refractivity contribution < 1.29 is 14.6 Å². The van der Waals surface area contributed by atoms with Gasteiger partial charge in [0.1, 0.15) is 5.60 Å². The van der Waals surface area contributed by atoms with Gasteiger partial charge in [0.2, 0.25) is 0 Å². The monoisotopic (exact) mass is 200 g/mol. The highest BCUT2D eigenvalue weighted by molar-refractivity contribution is 5.09. The summed E-state index contributed by atoms with van der Waals surface area (Å²) < 4.78 is 10.8. The molecule has 0 spiro atoms. The van der Waals surface area contributed by atoms with Crippen molar-refractivity contribution in [3.8, 4) is 0 Å². The van der Waals surface area contributed by atoms with Crippen LogP contribution < -0.4 is 0 Å². The molecule has 0 saturated carbocycles. The van der Waals surface area contributed by atoms with E-state index in [0.29, 0.717) is 13.0 Å².